The molecular formula is C16H17N5OS. The molecule has 0 saturated carbocycles. The Morgan fingerprint density at radius 1 is 1.30 bits per heavy atom. The van der Waals surface area contributed by atoms with Crippen LogP contribution >= 0.6 is 11.3 Å². The molecule has 7 heteroatoms. The molecule has 0 aromatic carbocycles. The van der Waals surface area contributed by atoms with Crippen LogP contribution in [0.3, 0.4) is 0 Å². The molecule has 0 aliphatic carbocycles. The van der Waals surface area contributed by atoms with Gasteiger partial charge in [-0.25, -0.2) is 4.79 Å². The highest BCUT2D eigenvalue weighted by Gasteiger charge is 2.11. The quantitative estimate of drug-likeness (QED) is 0.755. The van der Waals surface area contributed by atoms with Crippen LogP contribution in [0.4, 0.5) is 10.6 Å². The van der Waals surface area contributed by atoms with Crippen LogP contribution < -0.4 is 10.6 Å². The van der Waals surface area contributed by atoms with Gasteiger partial charge in [-0.1, -0.05) is 6.07 Å². The average molecular weight is 327 g/mol. The van der Waals surface area contributed by atoms with Gasteiger partial charge in [0.25, 0.3) is 0 Å². The lowest BCUT2D eigenvalue weighted by molar-refractivity contribution is 0.249. The fourth-order valence-corrected chi connectivity index (χ4v) is 2.88. The van der Waals surface area contributed by atoms with E-state index in [0.717, 1.165) is 10.4 Å². The second-order valence-corrected chi connectivity index (χ2v) is 6.07. The molecule has 0 aliphatic rings. The molecule has 3 heterocycles. The maximum absolute atomic E-state index is 12.0. The van der Waals surface area contributed by atoms with Crippen molar-refractivity contribution in [1.29, 1.82) is 0 Å². The minimum absolute atomic E-state index is 0.0334. The van der Waals surface area contributed by atoms with Gasteiger partial charge in [0.1, 0.15) is 0 Å². The average Bonchev–Trinajstić information content (AvgIpc) is 3.20. The molecule has 3 rings (SSSR count). The van der Waals surface area contributed by atoms with E-state index in [1.165, 1.54) is 0 Å². The van der Waals surface area contributed by atoms with Crippen molar-refractivity contribution in [1.82, 2.24) is 20.1 Å². The van der Waals surface area contributed by atoms with Crippen molar-refractivity contribution in [2.45, 2.75) is 19.5 Å². The van der Waals surface area contributed by atoms with Gasteiger partial charge in [-0.3, -0.25) is 15.0 Å². The van der Waals surface area contributed by atoms with Crippen molar-refractivity contribution >= 4 is 23.2 Å². The molecule has 0 unspecified atom stereocenters. The third-order valence-electron chi connectivity index (χ3n) is 3.29. The minimum Gasteiger partial charge on any atom is -0.330 e. The van der Waals surface area contributed by atoms with Crippen molar-refractivity contribution < 1.29 is 4.79 Å². The number of carbonyl (C=O) groups excluding carboxylic acids is 1. The molecule has 0 fully saturated rings. The van der Waals surface area contributed by atoms with Gasteiger partial charge in [0.05, 0.1) is 12.6 Å². The first-order valence-electron chi connectivity index (χ1n) is 7.24. The minimum atomic E-state index is -0.264. The van der Waals surface area contributed by atoms with Crippen molar-refractivity contribution in [3.8, 4) is 0 Å². The third kappa shape index (κ3) is 4.17. The molecule has 0 bridgehead atoms. The molecule has 0 radical (unpaired) electrons. The van der Waals surface area contributed by atoms with Crippen LogP contribution in [0, 0.1) is 0 Å². The van der Waals surface area contributed by atoms with Gasteiger partial charge >= 0.3 is 6.03 Å². The van der Waals surface area contributed by atoms with Crippen molar-refractivity contribution in [2.75, 3.05) is 5.32 Å². The Balaban J connectivity index is 1.55. The number of pyridine rings is 1. The molecule has 0 spiro atoms. The Labute approximate surface area is 138 Å². The second-order valence-electron chi connectivity index (χ2n) is 5.09. The highest BCUT2D eigenvalue weighted by atomic mass is 32.1. The predicted molar refractivity (Wildman–Crippen MR) is 90.5 cm³/mol. The lowest BCUT2D eigenvalue weighted by Crippen LogP contribution is -2.30. The first-order valence-corrected chi connectivity index (χ1v) is 8.12. The van der Waals surface area contributed by atoms with Crippen LogP contribution in [0.25, 0.3) is 0 Å². The number of nitrogens with zero attached hydrogens (tertiary/aromatic N) is 3. The second kappa shape index (κ2) is 7.06. The van der Waals surface area contributed by atoms with E-state index in [-0.39, 0.29) is 12.1 Å². The van der Waals surface area contributed by atoms with Crippen molar-refractivity contribution in [2.24, 2.45) is 0 Å². The molecule has 0 saturated heterocycles. The lowest BCUT2D eigenvalue weighted by atomic mass is 10.3. The number of hydrogen-bond acceptors (Lipinski definition) is 4. The number of anilines is 1. The van der Waals surface area contributed by atoms with E-state index >= 15 is 0 Å². The highest BCUT2D eigenvalue weighted by Crippen LogP contribution is 2.18. The van der Waals surface area contributed by atoms with Gasteiger partial charge in [-0.2, -0.15) is 5.10 Å². The SMILES string of the molecule is C[C@H](NC(=O)Nc1ccn(Cc2ccncc2)n1)c1cccs1. The van der Waals surface area contributed by atoms with Crippen LogP contribution in [-0.4, -0.2) is 20.8 Å². The summed E-state index contributed by atoms with van der Waals surface area (Å²) in [6.07, 6.45) is 5.33. The smallest absolute Gasteiger partial charge is 0.320 e. The molecule has 2 amide bonds. The number of hydrogen-bond donors (Lipinski definition) is 2. The van der Waals surface area contributed by atoms with Crippen LogP contribution in [0.2, 0.25) is 0 Å². The van der Waals surface area contributed by atoms with Gasteiger partial charge in [0, 0.05) is 29.5 Å². The van der Waals surface area contributed by atoms with Gasteiger partial charge in [-0.15, -0.1) is 11.3 Å². The summed E-state index contributed by atoms with van der Waals surface area (Å²) in [6, 6.07) is 9.31. The monoisotopic (exact) mass is 327 g/mol. The largest absolute Gasteiger partial charge is 0.330 e. The molecule has 0 aliphatic heterocycles. The topological polar surface area (TPSA) is 71.8 Å². The van der Waals surface area contributed by atoms with E-state index in [9.17, 15) is 4.79 Å². The Morgan fingerprint density at radius 2 is 2.13 bits per heavy atom. The number of aromatic nitrogens is 3. The van der Waals surface area contributed by atoms with E-state index in [2.05, 4.69) is 20.7 Å². The first kappa shape index (κ1) is 15.2. The Bertz CT molecular complexity index is 754. The normalized spacial score (nSPS) is 11.9. The van der Waals surface area contributed by atoms with Crippen LogP contribution in [0.5, 0.6) is 0 Å². The molecule has 1 atom stereocenters. The predicted octanol–water partition coefficient (Wildman–Crippen LogP) is 3.27. The van der Waals surface area contributed by atoms with E-state index in [4.69, 9.17) is 0 Å². The molecule has 3 aromatic rings. The van der Waals surface area contributed by atoms with E-state index in [1.807, 2.05) is 42.8 Å². The number of nitrogens with one attached hydrogen (secondary N) is 2. The standard InChI is InChI=1S/C16H17N5OS/c1-12(14-3-2-10-23-14)18-16(22)19-15-6-9-21(20-15)11-13-4-7-17-8-5-13/h2-10,12H,11H2,1H3,(H2,18,19,20,22)/t12-/m0/s1. The summed E-state index contributed by atoms with van der Waals surface area (Å²) < 4.78 is 1.77. The first-order chi connectivity index (χ1) is 11.2. The van der Waals surface area contributed by atoms with Gasteiger partial charge in [0.2, 0.25) is 0 Å². The van der Waals surface area contributed by atoms with Gasteiger partial charge in [-0.05, 0) is 36.1 Å². The van der Waals surface area contributed by atoms with Gasteiger partial charge in [0.15, 0.2) is 5.82 Å². The fourth-order valence-electron chi connectivity index (χ4n) is 2.15. The summed E-state index contributed by atoms with van der Waals surface area (Å²) >= 11 is 1.62. The van der Waals surface area contributed by atoms with Crippen molar-refractivity contribution in [3.63, 3.8) is 0 Å². The number of thiophene rings is 1. The van der Waals surface area contributed by atoms with Crippen LogP contribution in [-0.2, 0) is 6.54 Å². The van der Waals surface area contributed by atoms with Crippen LogP contribution in [0.1, 0.15) is 23.4 Å². The number of amides is 2. The zero-order valence-electron chi connectivity index (χ0n) is 12.6. The van der Waals surface area contributed by atoms with E-state index in [1.54, 1.807) is 34.5 Å². The summed E-state index contributed by atoms with van der Waals surface area (Å²) in [7, 11) is 0. The Kier molecular flexibility index (Phi) is 4.68. The van der Waals surface area contributed by atoms with Crippen molar-refractivity contribution in [3.05, 3.63) is 64.7 Å². The summed E-state index contributed by atoms with van der Waals surface area (Å²) in [4.78, 5) is 17.1. The zero-order chi connectivity index (χ0) is 16.1. The Morgan fingerprint density at radius 3 is 2.87 bits per heavy atom. The molecule has 118 valence electrons. The highest BCUT2D eigenvalue weighted by molar-refractivity contribution is 7.10. The third-order valence-corrected chi connectivity index (χ3v) is 4.35. The maximum atomic E-state index is 12.0. The number of rotatable bonds is 5. The molecule has 23 heavy (non-hydrogen) atoms. The van der Waals surface area contributed by atoms with Gasteiger partial charge < -0.3 is 5.32 Å². The molecule has 6 nitrogen and oxygen atoms in total. The fraction of sp³-hybridized carbons (Fsp3) is 0.188. The number of carbonyl (C=O) groups is 1. The van der Waals surface area contributed by atoms with E-state index in [0.29, 0.717) is 12.4 Å². The summed E-state index contributed by atoms with van der Waals surface area (Å²) in [5.41, 5.74) is 1.10. The van der Waals surface area contributed by atoms with Crippen LogP contribution in [0.15, 0.2) is 54.3 Å². The molecule has 2 N–H and O–H groups in total. The summed E-state index contributed by atoms with van der Waals surface area (Å²) in [5, 5.41) is 12.0. The Hall–Kier alpha value is -2.67. The summed E-state index contributed by atoms with van der Waals surface area (Å²) in [6.45, 7) is 2.59. The summed E-state index contributed by atoms with van der Waals surface area (Å²) in [5.74, 6) is 0.523. The lowest BCUT2D eigenvalue weighted by Gasteiger charge is -2.12. The van der Waals surface area contributed by atoms with E-state index < -0.39 is 0 Å². The molecular weight excluding hydrogens is 310 g/mol. The molecule has 3 aromatic heterocycles. The maximum Gasteiger partial charge on any atom is 0.320 e. The number of urea groups is 1. The zero-order valence-corrected chi connectivity index (χ0v) is 13.5.